The van der Waals surface area contributed by atoms with E-state index in [9.17, 15) is 0 Å². The maximum Gasteiger partial charge on any atom is 0.119 e. The van der Waals surface area contributed by atoms with Crippen LogP contribution in [0.2, 0.25) is 0 Å². The normalized spacial score (nSPS) is 11.4. The molecule has 2 nitrogen and oxygen atoms in total. The van der Waals surface area contributed by atoms with Gasteiger partial charge in [-0.05, 0) is 38.1 Å². The Morgan fingerprint density at radius 3 is 2.53 bits per heavy atom. The largest absolute Gasteiger partial charge is 0.494 e. The van der Waals surface area contributed by atoms with E-state index in [4.69, 9.17) is 9.84 Å². The van der Waals surface area contributed by atoms with Crippen LogP contribution in [0.4, 0.5) is 0 Å². The van der Waals surface area contributed by atoms with Crippen LogP contribution in [-0.4, -0.2) is 17.8 Å². The van der Waals surface area contributed by atoms with Gasteiger partial charge in [-0.2, -0.15) is 0 Å². The van der Waals surface area contributed by atoms with Crippen molar-refractivity contribution in [2.24, 2.45) is 0 Å². The molecular weight excluding hydrogens is 188 g/mol. The van der Waals surface area contributed by atoms with Gasteiger partial charge < -0.3 is 9.84 Å². The van der Waals surface area contributed by atoms with Crippen LogP contribution in [0.1, 0.15) is 25.8 Å². The van der Waals surface area contributed by atoms with Crippen molar-refractivity contribution in [2.45, 2.75) is 26.4 Å². The SMILES string of the molecule is CCOc1ccc(C#CCC(C)O)cc1. The summed E-state index contributed by atoms with van der Waals surface area (Å²) in [5.74, 6) is 6.75. The van der Waals surface area contributed by atoms with Crippen molar-refractivity contribution in [1.29, 1.82) is 0 Å². The molecule has 0 fully saturated rings. The second-order valence-corrected chi connectivity index (χ2v) is 3.31. The molecule has 0 aliphatic carbocycles. The van der Waals surface area contributed by atoms with Gasteiger partial charge in [0.1, 0.15) is 5.75 Å². The quantitative estimate of drug-likeness (QED) is 0.765. The number of aliphatic hydroxyl groups excluding tert-OH is 1. The third-order valence-electron chi connectivity index (χ3n) is 1.80. The summed E-state index contributed by atoms with van der Waals surface area (Å²) >= 11 is 0. The first-order chi connectivity index (χ1) is 7.22. The molecular formula is C13H16O2. The van der Waals surface area contributed by atoms with Crippen LogP contribution in [0.15, 0.2) is 24.3 Å². The maximum atomic E-state index is 9.02. The molecule has 1 rings (SSSR count). The lowest BCUT2D eigenvalue weighted by Crippen LogP contribution is -1.95. The molecule has 80 valence electrons. The highest BCUT2D eigenvalue weighted by Gasteiger charge is 1.92. The predicted molar refractivity (Wildman–Crippen MR) is 60.8 cm³/mol. The van der Waals surface area contributed by atoms with Crippen molar-refractivity contribution in [2.75, 3.05) is 6.61 Å². The molecule has 0 bridgehead atoms. The molecule has 0 heterocycles. The summed E-state index contributed by atoms with van der Waals surface area (Å²) in [7, 11) is 0. The molecule has 0 saturated heterocycles. The average Bonchev–Trinajstić information content (AvgIpc) is 2.20. The first-order valence-corrected chi connectivity index (χ1v) is 5.12. The molecule has 0 aromatic heterocycles. The highest BCUT2D eigenvalue weighted by molar-refractivity contribution is 5.38. The van der Waals surface area contributed by atoms with Crippen LogP contribution in [-0.2, 0) is 0 Å². The second kappa shape index (κ2) is 6.10. The predicted octanol–water partition coefficient (Wildman–Crippen LogP) is 2.21. The monoisotopic (exact) mass is 204 g/mol. The van der Waals surface area contributed by atoms with E-state index in [0.29, 0.717) is 13.0 Å². The Hall–Kier alpha value is -1.46. The average molecular weight is 204 g/mol. The number of aliphatic hydroxyl groups is 1. The summed E-state index contributed by atoms with van der Waals surface area (Å²) in [5.41, 5.74) is 0.944. The van der Waals surface area contributed by atoms with Crippen molar-refractivity contribution >= 4 is 0 Å². The smallest absolute Gasteiger partial charge is 0.119 e. The minimum Gasteiger partial charge on any atom is -0.494 e. The molecule has 0 aliphatic rings. The van der Waals surface area contributed by atoms with Crippen LogP contribution in [0.25, 0.3) is 0 Å². The van der Waals surface area contributed by atoms with Crippen LogP contribution in [0, 0.1) is 11.8 Å². The van der Waals surface area contributed by atoms with Crippen molar-refractivity contribution in [3.8, 4) is 17.6 Å². The minimum atomic E-state index is -0.361. The minimum absolute atomic E-state index is 0.361. The van der Waals surface area contributed by atoms with Crippen LogP contribution >= 0.6 is 0 Å². The van der Waals surface area contributed by atoms with Gasteiger partial charge >= 0.3 is 0 Å². The Morgan fingerprint density at radius 2 is 2.00 bits per heavy atom. The van der Waals surface area contributed by atoms with Crippen molar-refractivity contribution in [3.05, 3.63) is 29.8 Å². The zero-order chi connectivity index (χ0) is 11.1. The highest BCUT2D eigenvalue weighted by Crippen LogP contribution is 2.11. The van der Waals surface area contributed by atoms with Gasteiger partial charge in [0.05, 0.1) is 12.7 Å². The summed E-state index contributed by atoms with van der Waals surface area (Å²) in [4.78, 5) is 0. The zero-order valence-corrected chi connectivity index (χ0v) is 9.16. The summed E-state index contributed by atoms with van der Waals surface area (Å²) in [6.45, 7) is 4.36. The van der Waals surface area contributed by atoms with Gasteiger partial charge in [0, 0.05) is 12.0 Å². The zero-order valence-electron chi connectivity index (χ0n) is 9.16. The van der Waals surface area contributed by atoms with Gasteiger partial charge in [-0.3, -0.25) is 0 Å². The fourth-order valence-electron chi connectivity index (χ4n) is 1.10. The Morgan fingerprint density at radius 1 is 1.33 bits per heavy atom. The molecule has 1 N–H and O–H groups in total. The molecule has 1 atom stereocenters. The third-order valence-corrected chi connectivity index (χ3v) is 1.80. The molecule has 1 aromatic carbocycles. The van der Waals surface area contributed by atoms with E-state index < -0.39 is 0 Å². The summed E-state index contributed by atoms with van der Waals surface area (Å²) < 4.78 is 5.32. The lowest BCUT2D eigenvalue weighted by molar-refractivity contribution is 0.201. The topological polar surface area (TPSA) is 29.5 Å². The lowest BCUT2D eigenvalue weighted by Gasteiger charge is -2.01. The van der Waals surface area contributed by atoms with E-state index in [1.165, 1.54) is 0 Å². The molecule has 0 radical (unpaired) electrons. The Kier molecular flexibility index (Phi) is 4.73. The number of rotatable bonds is 3. The summed E-state index contributed by atoms with van der Waals surface area (Å²) in [6.07, 6.45) is 0.146. The van der Waals surface area contributed by atoms with Crippen LogP contribution in [0.3, 0.4) is 0 Å². The standard InChI is InChI=1S/C13H16O2/c1-3-15-13-9-7-12(8-10-13)6-4-5-11(2)14/h7-11,14H,3,5H2,1-2H3. The molecule has 15 heavy (non-hydrogen) atoms. The van der Waals surface area contributed by atoms with Gasteiger partial charge in [-0.15, -0.1) is 0 Å². The highest BCUT2D eigenvalue weighted by atomic mass is 16.5. The van der Waals surface area contributed by atoms with Gasteiger partial charge in [0.2, 0.25) is 0 Å². The maximum absolute atomic E-state index is 9.02. The first-order valence-electron chi connectivity index (χ1n) is 5.12. The molecule has 0 saturated carbocycles. The van der Waals surface area contributed by atoms with Crippen LogP contribution in [0.5, 0.6) is 5.75 Å². The fourth-order valence-corrected chi connectivity index (χ4v) is 1.10. The van der Waals surface area contributed by atoms with E-state index in [0.717, 1.165) is 11.3 Å². The van der Waals surface area contributed by atoms with Crippen LogP contribution < -0.4 is 4.74 Å². The molecule has 1 unspecified atom stereocenters. The van der Waals surface area contributed by atoms with Gasteiger partial charge in [0.25, 0.3) is 0 Å². The summed E-state index contributed by atoms with van der Waals surface area (Å²) in [6, 6.07) is 7.63. The number of benzene rings is 1. The van der Waals surface area contributed by atoms with Crippen molar-refractivity contribution < 1.29 is 9.84 Å². The van der Waals surface area contributed by atoms with E-state index in [2.05, 4.69) is 11.8 Å². The Balaban J connectivity index is 2.58. The molecule has 0 spiro atoms. The molecule has 1 aromatic rings. The van der Waals surface area contributed by atoms with E-state index in [1.54, 1.807) is 6.92 Å². The van der Waals surface area contributed by atoms with E-state index >= 15 is 0 Å². The lowest BCUT2D eigenvalue weighted by atomic mass is 10.2. The third kappa shape index (κ3) is 4.53. The Labute approximate surface area is 90.9 Å². The van der Waals surface area contributed by atoms with Gasteiger partial charge in [-0.25, -0.2) is 0 Å². The Bertz CT molecular complexity index is 341. The fraction of sp³-hybridized carbons (Fsp3) is 0.385. The number of hydrogen-bond acceptors (Lipinski definition) is 2. The van der Waals surface area contributed by atoms with Crippen molar-refractivity contribution in [1.82, 2.24) is 0 Å². The number of hydrogen-bond donors (Lipinski definition) is 1. The van der Waals surface area contributed by atoms with E-state index in [-0.39, 0.29) is 6.10 Å². The molecule has 2 heteroatoms. The van der Waals surface area contributed by atoms with E-state index in [1.807, 2.05) is 31.2 Å². The number of ether oxygens (including phenoxy) is 1. The second-order valence-electron chi connectivity index (χ2n) is 3.31. The summed E-state index contributed by atoms with van der Waals surface area (Å²) in [5, 5.41) is 9.02. The van der Waals surface area contributed by atoms with Crippen molar-refractivity contribution in [3.63, 3.8) is 0 Å². The molecule has 0 amide bonds. The first kappa shape index (κ1) is 11.6. The molecule has 0 aliphatic heterocycles. The van der Waals surface area contributed by atoms with Gasteiger partial charge in [0.15, 0.2) is 0 Å². The van der Waals surface area contributed by atoms with Gasteiger partial charge in [-0.1, -0.05) is 11.8 Å².